The van der Waals surface area contributed by atoms with Crippen molar-refractivity contribution >= 4 is 28.4 Å². The average molecular weight is 496 g/mol. The Kier molecular flexibility index (Phi) is 5.84. The van der Waals surface area contributed by atoms with Crippen LogP contribution < -0.4 is 20.3 Å². The predicted molar refractivity (Wildman–Crippen MR) is 139 cm³/mol. The molecule has 0 bridgehead atoms. The third kappa shape index (κ3) is 4.42. The minimum atomic E-state index is -0.406. The molecule has 0 unspecified atom stereocenters. The summed E-state index contributed by atoms with van der Waals surface area (Å²) in [7, 11) is 0. The first-order chi connectivity index (χ1) is 18.1. The second-order valence-electron chi connectivity index (χ2n) is 9.15. The molecule has 4 aromatic rings. The van der Waals surface area contributed by atoms with Gasteiger partial charge in [-0.05, 0) is 35.7 Å². The number of amides is 2. The second-order valence-corrected chi connectivity index (χ2v) is 9.15. The lowest BCUT2D eigenvalue weighted by Gasteiger charge is -2.29. The zero-order valence-corrected chi connectivity index (χ0v) is 20.1. The Balaban J connectivity index is 1.27. The molecule has 6 rings (SSSR count). The standard InChI is InChI=1S/C29H25N3O5/c33-27(30-21-9-10-25-26(15-21)37-14-13-36-25)18-32-24-8-4-3-7-22(24)23(16-28(32)34)29(35)31-12-11-19-5-1-2-6-20(19)17-31/h1-10,15-16H,11-14,17-18H2,(H,30,33). The van der Waals surface area contributed by atoms with E-state index < -0.39 is 5.56 Å². The van der Waals surface area contributed by atoms with Gasteiger partial charge in [-0.1, -0.05) is 42.5 Å². The molecule has 2 aliphatic heterocycles. The lowest BCUT2D eigenvalue weighted by atomic mass is 9.98. The average Bonchev–Trinajstić information content (AvgIpc) is 2.93. The van der Waals surface area contributed by atoms with E-state index in [0.717, 1.165) is 12.0 Å². The highest BCUT2D eigenvalue weighted by molar-refractivity contribution is 6.06. The van der Waals surface area contributed by atoms with E-state index in [-0.39, 0.29) is 18.4 Å². The molecule has 1 N–H and O–H groups in total. The van der Waals surface area contributed by atoms with Crippen molar-refractivity contribution in [1.29, 1.82) is 0 Å². The van der Waals surface area contributed by atoms with Crippen molar-refractivity contribution in [2.75, 3.05) is 25.1 Å². The first-order valence-corrected chi connectivity index (χ1v) is 12.2. The van der Waals surface area contributed by atoms with Crippen LogP contribution >= 0.6 is 0 Å². The zero-order valence-electron chi connectivity index (χ0n) is 20.1. The van der Waals surface area contributed by atoms with Crippen LogP contribution in [0.3, 0.4) is 0 Å². The van der Waals surface area contributed by atoms with Crippen molar-refractivity contribution in [2.24, 2.45) is 0 Å². The van der Waals surface area contributed by atoms with Gasteiger partial charge in [-0.25, -0.2) is 0 Å². The van der Waals surface area contributed by atoms with Crippen LogP contribution in [0.15, 0.2) is 77.6 Å². The number of para-hydroxylation sites is 1. The van der Waals surface area contributed by atoms with Crippen LogP contribution in [0.1, 0.15) is 21.5 Å². The molecule has 0 radical (unpaired) electrons. The van der Waals surface area contributed by atoms with Crippen molar-refractivity contribution in [1.82, 2.24) is 9.47 Å². The summed E-state index contributed by atoms with van der Waals surface area (Å²) in [5.41, 5.74) is 3.39. The number of anilines is 1. The third-order valence-corrected chi connectivity index (χ3v) is 6.79. The molecule has 2 amide bonds. The number of benzene rings is 3. The molecule has 0 saturated carbocycles. The maximum absolute atomic E-state index is 13.5. The summed E-state index contributed by atoms with van der Waals surface area (Å²) < 4.78 is 12.5. The largest absolute Gasteiger partial charge is 0.486 e. The molecule has 186 valence electrons. The third-order valence-electron chi connectivity index (χ3n) is 6.79. The number of rotatable bonds is 4. The molecule has 3 heterocycles. The van der Waals surface area contributed by atoms with E-state index in [9.17, 15) is 14.4 Å². The van der Waals surface area contributed by atoms with Gasteiger partial charge in [-0.3, -0.25) is 19.0 Å². The fourth-order valence-corrected chi connectivity index (χ4v) is 4.98. The van der Waals surface area contributed by atoms with Crippen LogP contribution in [-0.2, 0) is 24.3 Å². The number of hydrogen-bond donors (Lipinski definition) is 1. The fourth-order valence-electron chi connectivity index (χ4n) is 4.98. The summed E-state index contributed by atoms with van der Waals surface area (Å²) in [6, 6.07) is 21.8. The van der Waals surface area contributed by atoms with Gasteiger partial charge in [0.15, 0.2) is 11.5 Å². The number of carbonyl (C=O) groups is 2. The second kappa shape index (κ2) is 9.46. The summed E-state index contributed by atoms with van der Waals surface area (Å²) in [5.74, 6) is 0.644. The van der Waals surface area contributed by atoms with Crippen LogP contribution in [0, 0.1) is 0 Å². The van der Waals surface area contributed by atoms with Gasteiger partial charge >= 0.3 is 0 Å². The van der Waals surface area contributed by atoms with E-state index in [1.807, 2.05) is 30.3 Å². The minimum Gasteiger partial charge on any atom is -0.486 e. The van der Waals surface area contributed by atoms with Gasteiger partial charge < -0.3 is 19.7 Å². The van der Waals surface area contributed by atoms with Gasteiger partial charge in [0.1, 0.15) is 19.8 Å². The van der Waals surface area contributed by atoms with E-state index in [1.165, 1.54) is 16.2 Å². The topological polar surface area (TPSA) is 89.9 Å². The lowest BCUT2D eigenvalue weighted by molar-refractivity contribution is -0.116. The smallest absolute Gasteiger partial charge is 0.255 e. The van der Waals surface area contributed by atoms with E-state index >= 15 is 0 Å². The number of pyridine rings is 1. The van der Waals surface area contributed by atoms with Gasteiger partial charge in [0.25, 0.3) is 11.5 Å². The Bertz CT molecular complexity index is 1590. The summed E-state index contributed by atoms with van der Waals surface area (Å²) in [4.78, 5) is 41.4. The van der Waals surface area contributed by atoms with E-state index in [1.54, 1.807) is 35.2 Å². The Morgan fingerprint density at radius 1 is 0.865 bits per heavy atom. The molecule has 0 atom stereocenters. The van der Waals surface area contributed by atoms with Crippen LogP contribution in [-0.4, -0.2) is 41.0 Å². The molecular formula is C29H25N3O5. The fraction of sp³-hybridized carbons (Fsp3) is 0.207. The number of ether oxygens (including phenoxy) is 2. The molecule has 0 aliphatic carbocycles. The van der Waals surface area contributed by atoms with Crippen LogP contribution in [0.2, 0.25) is 0 Å². The van der Waals surface area contributed by atoms with Gasteiger partial charge in [-0.2, -0.15) is 0 Å². The molecule has 2 aliphatic rings. The Morgan fingerprint density at radius 2 is 1.62 bits per heavy atom. The number of fused-ring (bicyclic) bond motifs is 3. The molecular weight excluding hydrogens is 470 g/mol. The summed E-state index contributed by atoms with van der Waals surface area (Å²) in [6.07, 6.45) is 0.775. The zero-order chi connectivity index (χ0) is 25.4. The first kappa shape index (κ1) is 22.8. The van der Waals surface area contributed by atoms with E-state index in [2.05, 4.69) is 11.4 Å². The van der Waals surface area contributed by atoms with Gasteiger partial charge in [0, 0.05) is 36.3 Å². The van der Waals surface area contributed by atoms with E-state index in [4.69, 9.17) is 9.47 Å². The Hall–Kier alpha value is -4.59. The van der Waals surface area contributed by atoms with E-state index in [0.29, 0.717) is 60.0 Å². The molecule has 0 fully saturated rings. The Labute approximate surface area is 213 Å². The van der Waals surface area contributed by atoms with Crippen molar-refractivity contribution in [2.45, 2.75) is 19.5 Å². The van der Waals surface area contributed by atoms with Crippen molar-refractivity contribution < 1.29 is 19.1 Å². The molecule has 0 saturated heterocycles. The molecule has 3 aromatic carbocycles. The molecule has 0 spiro atoms. The highest BCUT2D eigenvalue weighted by Gasteiger charge is 2.24. The van der Waals surface area contributed by atoms with Gasteiger partial charge in [0.2, 0.25) is 5.91 Å². The number of hydrogen-bond acceptors (Lipinski definition) is 5. The first-order valence-electron chi connectivity index (χ1n) is 12.2. The molecule has 8 nitrogen and oxygen atoms in total. The monoisotopic (exact) mass is 495 g/mol. The quantitative estimate of drug-likeness (QED) is 0.467. The minimum absolute atomic E-state index is 0.185. The van der Waals surface area contributed by atoms with Crippen LogP contribution in [0.4, 0.5) is 5.69 Å². The highest BCUT2D eigenvalue weighted by Crippen LogP contribution is 2.32. The molecule has 37 heavy (non-hydrogen) atoms. The SMILES string of the molecule is O=C(Cn1c(=O)cc(C(=O)N2CCc3ccccc3C2)c2ccccc21)Nc1ccc2c(c1)OCCO2. The van der Waals surface area contributed by atoms with Crippen molar-refractivity contribution in [3.63, 3.8) is 0 Å². The van der Waals surface area contributed by atoms with Crippen molar-refractivity contribution in [3.8, 4) is 11.5 Å². The molecule has 8 heteroatoms. The Morgan fingerprint density at radius 3 is 2.49 bits per heavy atom. The summed E-state index contributed by atoms with van der Waals surface area (Å²) >= 11 is 0. The lowest BCUT2D eigenvalue weighted by Crippen LogP contribution is -2.37. The van der Waals surface area contributed by atoms with Crippen molar-refractivity contribution in [3.05, 3.63) is 99.8 Å². The molecule has 1 aromatic heterocycles. The van der Waals surface area contributed by atoms with Gasteiger partial charge in [0.05, 0.1) is 11.1 Å². The van der Waals surface area contributed by atoms with Crippen LogP contribution in [0.5, 0.6) is 11.5 Å². The normalized spacial score (nSPS) is 14.2. The predicted octanol–water partition coefficient (Wildman–Crippen LogP) is 3.61. The number of carbonyl (C=O) groups excluding carboxylic acids is 2. The number of nitrogens with zero attached hydrogens (tertiary/aromatic N) is 2. The summed E-state index contributed by atoms with van der Waals surface area (Å²) in [5, 5.41) is 3.46. The van der Waals surface area contributed by atoms with Gasteiger partial charge in [-0.15, -0.1) is 0 Å². The number of aromatic nitrogens is 1. The maximum atomic E-state index is 13.5. The van der Waals surface area contributed by atoms with Crippen LogP contribution in [0.25, 0.3) is 10.9 Å². The number of nitrogens with one attached hydrogen (secondary N) is 1. The summed E-state index contributed by atoms with van der Waals surface area (Å²) in [6.45, 7) is 1.83. The highest BCUT2D eigenvalue weighted by atomic mass is 16.6. The maximum Gasteiger partial charge on any atom is 0.255 e.